The number of ether oxygens (including phenoxy) is 2. The molecule has 29 heavy (non-hydrogen) atoms. The quantitative estimate of drug-likeness (QED) is 0.326. The lowest BCUT2D eigenvalue weighted by Gasteiger charge is -2.37. The number of thiophene rings is 1. The lowest BCUT2D eigenvalue weighted by Crippen LogP contribution is -2.37. The number of esters is 1. The summed E-state index contributed by atoms with van der Waals surface area (Å²) < 4.78 is 14.1. The molecule has 0 bridgehead atoms. The summed E-state index contributed by atoms with van der Waals surface area (Å²) >= 11 is 8.51. The Hall–Kier alpha value is -1.63. The van der Waals surface area contributed by atoms with Crippen molar-refractivity contribution in [3.8, 4) is 5.75 Å². The molecule has 150 valence electrons. The van der Waals surface area contributed by atoms with Crippen LogP contribution in [0.4, 0.5) is 0 Å². The van der Waals surface area contributed by atoms with Crippen LogP contribution in [0, 0.1) is 0 Å². The van der Waals surface area contributed by atoms with Gasteiger partial charge in [-0.05, 0) is 56.5 Å². The smallest absolute Gasteiger partial charge is 0.315 e. The predicted octanol–water partition coefficient (Wildman–Crippen LogP) is 7.11. The number of carbonyl (C=O) groups is 1. The van der Waals surface area contributed by atoms with Crippen LogP contribution in [0.2, 0.25) is 0 Å². The van der Waals surface area contributed by atoms with Crippen LogP contribution in [-0.4, -0.2) is 18.7 Å². The monoisotopic (exact) mass is 534 g/mol. The number of fused-ring (bicyclic) bond motifs is 3. The number of hydrogen-bond donors (Lipinski definition) is 0. The van der Waals surface area contributed by atoms with E-state index in [0.717, 1.165) is 29.7 Å². The highest BCUT2D eigenvalue weighted by molar-refractivity contribution is 9.28. The molecular formula is C23H20Br2O3S. The highest BCUT2D eigenvalue weighted by atomic mass is 79.9. The third-order valence-electron chi connectivity index (χ3n) is 5.12. The second kappa shape index (κ2) is 9.02. The van der Waals surface area contributed by atoms with E-state index in [1.807, 2.05) is 43.3 Å². The second-order valence-electron chi connectivity index (χ2n) is 6.84. The van der Waals surface area contributed by atoms with Gasteiger partial charge in [0.1, 0.15) is 17.8 Å². The topological polar surface area (TPSA) is 35.5 Å². The number of rotatable bonds is 5. The average Bonchev–Trinajstić information content (AvgIpc) is 3.10. The first kappa shape index (κ1) is 20.6. The molecule has 3 nitrogen and oxygen atoms in total. The van der Waals surface area contributed by atoms with Gasteiger partial charge in [-0.25, -0.2) is 0 Å². The summed E-state index contributed by atoms with van der Waals surface area (Å²) in [5, 5.41) is 1.06. The van der Waals surface area contributed by atoms with Crippen molar-refractivity contribution in [3.05, 3.63) is 74.5 Å². The van der Waals surface area contributed by atoms with Crippen LogP contribution >= 0.6 is 43.2 Å². The molecule has 0 unspecified atom stereocenters. The van der Waals surface area contributed by atoms with Crippen LogP contribution in [0.25, 0.3) is 10.1 Å². The SMILES string of the molecule is CCOC(=O)[C@H]1c2sc3ccccc3c2O[C@@H](CC=C(Br)Br)[C@@H]1c1ccccc1. The fourth-order valence-corrected chi connectivity index (χ4v) is 5.59. The number of hydrogen-bond acceptors (Lipinski definition) is 4. The zero-order valence-electron chi connectivity index (χ0n) is 15.8. The van der Waals surface area contributed by atoms with Gasteiger partial charge in [-0.1, -0.05) is 48.5 Å². The van der Waals surface area contributed by atoms with Crippen molar-refractivity contribution >= 4 is 59.3 Å². The molecule has 3 atom stereocenters. The number of benzene rings is 2. The molecule has 4 rings (SSSR count). The lowest BCUT2D eigenvalue weighted by atomic mass is 9.77. The third kappa shape index (κ3) is 4.16. The first-order valence-electron chi connectivity index (χ1n) is 9.51. The summed E-state index contributed by atoms with van der Waals surface area (Å²) in [7, 11) is 0. The molecule has 6 heteroatoms. The van der Waals surface area contributed by atoms with Gasteiger partial charge < -0.3 is 9.47 Å². The molecule has 0 fully saturated rings. The fraction of sp³-hybridized carbons (Fsp3) is 0.261. The Labute approximate surface area is 191 Å². The summed E-state index contributed by atoms with van der Waals surface area (Å²) in [6, 6.07) is 18.3. The molecule has 2 aromatic carbocycles. The van der Waals surface area contributed by atoms with Gasteiger partial charge in [-0.2, -0.15) is 0 Å². The molecule has 0 amide bonds. The Kier molecular flexibility index (Phi) is 6.42. The average molecular weight is 536 g/mol. The van der Waals surface area contributed by atoms with E-state index in [9.17, 15) is 4.79 Å². The maximum absolute atomic E-state index is 13.2. The predicted molar refractivity (Wildman–Crippen MR) is 125 cm³/mol. The van der Waals surface area contributed by atoms with Crippen LogP contribution < -0.4 is 4.74 Å². The zero-order chi connectivity index (χ0) is 20.4. The van der Waals surface area contributed by atoms with E-state index in [1.54, 1.807) is 11.3 Å². The van der Waals surface area contributed by atoms with Gasteiger partial charge in [-0.3, -0.25) is 4.79 Å². The number of carbonyl (C=O) groups excluding carboxylic acids is 1. The minimum atomic E-state index is -0.397. The number of halogens is 2. The standard InChI is InChI=1S/C23H20Br2O3S/c1-2-27-23(26)20-19(14-8-4-3-5-9-14)16(12-13-18(24)25)28-21-15-10-6-7-11-17(15)29-22(20)21/h3-11,13,16,19-20H,2,12H2,1H3/t16-,19-,20+/m0/s1. The van der Waals surface area contributed by atoms with Crippen LogP contribution in [0.3, 0.4) is 0 Å². The van der Waals surface area contributed by atoms with Crippen molar-refractivity contribution in [1.82, 2.24) is 0 Å². The molecule has 0 spiro atoms. The molecule has 1 aliphatic heterocycles. The molecule has 0 saturated heterocycles. The molecule has 0 aliphatic carbocycles. The van der Waals surface area contributed by atoms with Gasteiger partial charge in [0.15, 0.2) is 0 Å². The van der Waals surface area contributed by atoms with Crippen LogP contribution in [0.15, 0.2) is 64.1 Å². The van der Waals surface area contributed by atoms with Gasteiger partial charge in [0, 0.05) is 22.4 Å². The van der Waals surface area contributed by atoms with Crippen molar-refractivity contribution in [2.75, 3.05) is 6.61 Å². The summed E-state index contributed by atoms with van der Waals surface area (Å²) in [4.78, 5) is 14.2. The van der Waals surface area contributed by atoms with E-state index < -0.39 is 5.92 Å². The minimum absolute atomic E-state index is 0.133. The summed E-state index contributed by atoms with van der Waals surface area (Å²) in [6.45, 7) is 2.21. The summed E-state index contributed by atoms with van der Waals surface area (Å²) in [5.41, 5.74) is 1.08. The van der Waals surface area contributed by atoms with Crippen molar-refractivity contribution in [2.24, 2.45) is 0 Å². The van der Waals surface area contributed by atoms with E-state index >= 15 is 0 Å². The van der Waals surface area contributed by atoms with E-state index in [-0.39, 0.29) is 18.0 Å². The Morgan fingerprint density at radius 2 is 1.86 bits per heavy atom. The molecular weight excluding hydrogens is 516 g/mol. The Morgan fingerprint density at radius 1 is 1.14 bits per heavy atom. The van der Waals surface area contributed by atoms with Crippen molar-refractivity contribution in [2.45, 2.75) is 31.3 Å². The van der Waals surface area contributed by atoms with Crippen molar-refractivity contribution in [3.63, 3.8) is 0 Å². The maximum Gasteiger partial charge on any atom is 0.315 e. The molecule has 0 saturated carbocycles. The zero-order valence-corrected chi connectivity index (χ0v) is 19.8. The Morgan fingerprint density at radius 3 is 2.59 bits per heavy atom. The van der Waals surface area contributed by atoms with Gasteiger partial charge in [0.2, 0.25) is 0 Å². The van der Waals surface area contributed by atoms with E-state index in [1.165, 1.54) is 0 Å². The molecule has 0 radical (unpaired) electrons. The van der Waals surface area contributed by atoms with E-state index in [2.05, 4.69) is 56.1 Å². The Balaban J connectivity index is 1.90. The highest BCUT2D eigenvalue weighted by Crippen LogP contribution is 2.53. The van der Waals surface area contributed by atoms with Gasteiger partial charge in [0.05, 0.1) is 14.9 Å². The molecule has 1 aliphatic rings. The molecule has 3 aromatic rings. The molecule has 2 heterocycles. The van der Waals surface area contributed by atoms with E-state index in [4.69, 9.17) is 9.47 Å². The normalized spacial score (nSPS) is 20.6. The minimum Gasteiger partial charge on any atom is -0.488 e. The summed E-state index contributed by atoms with van der Waals surface area (Å²) in [5.74, 6) is 0.0988. The highest BCUT2D eigenvalue weighted by Gasteiger charge is 2.45. The summed E-state index contributed by atoms with van der Waals surface area (Å²) in [6.07, 6.45) is 2.50. The molecule has 0 N–H and O–H groups in total. The largest absolute Gasteiger partial charge is 0.488 e. The first-order chi connectivity index (χ1) is 14.1. The van der Waals surface area contributed by atoms with Crippen LogP contribution in [-0.2, 0) is 9.53 Å². The molecule has 1 aromatic heterocycles. The van der Waals surface area contributed by atoms with Gasteiger partial charge in [0.25, 0.3) is 0 Å². The lowest BCUT2D eigenvalue weighted by molar-refractivity contribution is -0.146. The second-order valence-corrected chi connectivity index (χ2v) is 10.7. The Bertz CT molecular complexity index is 1040. The fourth-order valence-electron chi connectivity index (χ4n) is 3.94. The van der Waals surface area contributed by atoms with Crippen LogP contribution in [0.1, 0.15) is 35.6 Å². The van der Waals surface area contributed by atoms with E-state index in [0.29, 0.717) is 13.0 Å². The maximum atomic E-state index is 13.2. The van der Waals surface area contributed by atoms with Crippen LogP contribution in [0.5, 0.6) is 5.75 Å². The third-order valence-corrected chi connectivity index (χ3v) is 7.00. The van der Waals surface area contributed by atoms with Gasteiger partial charge in [-0.15, -0.1) is 11.3 Å². The van der Waals surface area contributed by atoms with Gasteiger partial charge >= 0.3 is 5.97 Å². The van der Waals surface area contributed by atoms with Crippen molar-refractivity contribution < 1.29 is 14.3 Å². The van der Waals surface area contributed by atoms with Crippen molar-refractivity contribution in [1.29, 1.82) is 0 Å². The first-order valence-corrected chi connectivity index (χ1v) is 11.9.